The van der Waals surface area contributed by atoms with E-state index in [-0.39, 0.29) is 0 Å². The topological polar surface area (TPSA) is 76.7 Å². The molecular weight excluding hydrogens is 262 g/mol. The second-order valence-corrected chi connectivity index (χ2v) is 5.68. The monoisotopic (exact) mass is 277 g/mol. The Hall–Kier alpha value is -1.47. The van der Waals surface area contributed by atoms with Crippen molar-refractivity contribution >= 4 is 11.8 Å². The number of hydrogen-bond acceptors (Lipinski definition) is 7. The molecule has 1 aliphatic heterocycles. The van der Waals surface area contributed by atoms with Gasteiger partial charge in [-0.25, -0.2) is 9.97 Å². The maximum atomic E-state index is 5.26. The van der Waals surface area contributed by atoms with Crippen LogP contribution >= 0.6 is 11.8 Å². The Kier molecular flexibility index (Phi) is 3.74. The van der Waals surface area contributed by atoms with Crippen molar-refractivity contribution in [3.8, 4) is 11.6 Å². The van der Waals surface area contributed by atoms with Crippen LogP contribution in [0.25, 0.3) is 11.6 Å². The van der Waals surface area contributed by atoms with Crippen molar-refractivity contribution in [1.29, 1.82) is 0 Å². The predicted octanol–water partition coefficient (Wildman–Crippen LogP) is 1.08. The summed E-state index contributed by atoms with van der Waals surface area (Å²) < 4.78 is 5.26. The molecule has 6 nitrogen and oxygen atoms in total. The summed E-state index contributed by atoms with van der Waals surface area (Å²) in [5.74, 6) is 3.85. The summed E-state index contributed by atoms with van der Waals surface area (Å²) in [5.41, 5.74) is 1.01. The molecule has 0 saturated carbocycles. The summed E-state index contributed by atoms with van der Waals surface area (Å²) in [6.07, 6.45) is 4.25. The van der Waals surface area contributed by atoms with E-state index in [1.807, 2.05) is 18.7 Å². The maximum absolute atomic E-state index is 5.26. The molecule has 1 N–H and O–H groups in total. The molecular formula is C12H15N5OS. The van der Waals surface area contributed by atoms with E-state index in [2.05, 4.69) is 25.4 Å². The Labute approximate surface area is 115 Å². The fourth-order valence-electron chi connectivity index (χ4n) is 1.90. The SMILES string of the molecule is Cc1cnc(-c2noc(CC3CSCCN3)n2)nc1. The molecule has 0 aliphatic carbocycles. The molecule has 2 aromatic rings. The minimum Gasteiger partial charge on any atom is -0.339 e. The summed E-state index contributed by atoms with van der Waals surface area (Å²) in [4.78, 5) is 12.7. The minimum absolute atomic E-state index is 0.408. The van der Waals surface area contributed by atoms with Crippen LogP contribution in [-0.2, 0) is 6.42 Å². The summed E-state index contributed by atoms with van der Waals surface area (Å²) in [5, 5.41) is 7.38. The Balaban J connectivity index is 1.70. The predicted molar refractivity (Wildman–Crippen MR) is 72.9 cm³/mol. The molecule has 0 bridgehead atoms. The molecule has 1 saturated heterocycles. The lowest BCUT2D eigenvalue weighted by Crippen LogP contribution is -2.38. The van der Waals surface area contributed by atoms with Crippen LogP contribution < -0.4 is 5.32 Å². The van der Waals surface area contributed by atoms with Crippen LogP contribution in [0.1, 0.15) is 11.5 Å². The van der Waals surface area contributed by atoms with Crippen molar-refractivity contribution in [3.05, 3.63) is 23.8 Å². The second-order valence-electron chi connectivity index (χ2n) is 4.53. The number of aromatic nitrogens is 4. The van der Waals surface area contributed by atoms with Crippen molar-refractivity contribution in [3.63, 3.8) is 0 Å². The molecule has 100 valence electrons. The van der Waals surface area contributed by atoms with Gasteiger partial charge < -0.3 is 9.84 Å². The Morgan fingerprint density at radius 2 is 2.21 bits per heavy atom. The number of nitrogens with zero attached hydrogens (tertiary/aromatic N) is 4. The number of nitrogens with one attached hydrogen (secondary N) is 1. The molecule has 19 heavy (non-hydrogen) atoms. The van der Waals surface area contributed by atoms with Gasteiger partial charge in [0, 0.05) is 42.9 Å². The van der Waals surface area contributed by atoms with Gasteiger partial charge in [-0.2, -0.15) is 16.7 Å². The van der Waals surface area contributed by atoms with Crippen molar-refractivity contribution in [1.82, 2.24) is 25.4 Å². The van der Waals surface area contributed by atoms with Gasteiger partial charge in [0.2, 0.25) is 17.5 Å². The quantitative estimate of drug-likeness (QED) is 0.899. The first-order valence-corrected chi connectivity index (χ1v) is 7.39. The van der Waals surface area contributed by atoms with E-state index >= 15 is 0 Å². The fraction of sp³-hybridized carbons (Fsp3) is 0.500. The zero-order valence-electron chi connectivity index (χ0n) is 10.7. The molecule has 0 amide bonds. The van der Waals surface area contributed by atoms with Crippen molar-refractivity contribution in [2.75, 3.05) is 18.1 Å². The average Bonchev–Trinajstić information content (AvgIpc) is 2.89. The first kappa shape index (κ1) is 12.6. The van der Waals surface area contributed by atoms with E-state index in [9.17, 15) is 0 Å². The van der Waals surface area contributed by atoms with Crippen LogP contribution in [0, 0.1) is 6.92 Å². The average molecular weight is 277 g/mol. The summed E-state index contributed by atoms with van der Waals surface area (Å²) in [7, 11) is 0. The zero-order chi connectivity index (χ0) is 13.1. The van der Waals surface area contributed by atoms with Gasteiger partial charge in [0.05, 0.1) is 0 Å². The molecule has 3 rings (SSSR count). The highest BCUT2D eigenvalue weighted by molar-refractivity contribution is 7.99. The van der Waals surface area contributed by atoms with E-state index < -0.39 is 0 Å². The largest absolute Gasteiger partial charge is 0.339 e. The van der Waals surface area contributed by atoms with E-state index in [1.165, 1.54) is 5.75 Å². The molecule has 0 radical (unpaired) electrons. The normalized spacial score (nSPS) is 19.5. The fourth-order valence-corrected chi connectivity index (χ4v) is 2.85. The molecule has 7 heteroatoms. The third kappa shape index (κ3) is 3.10. The highest BCUT2D eigenvalue weighted by atomic mass is 32.2. The number of aryl methyl sites for hydroxylation is 1. The van der Waals surface area contributed by atoms with Gasteiger partial charge in [-0.3, -0.25) is 0 Å². The lowest BCUT2D eigenvalue weighted by Gasteiger charge is -2.21. The van der Waals surface area contributed by atoms with Crippen LogP contribution in [0.15, 0.2) is 16.9 Å². The lowest BCUT2D eigenvalue weighted by molar-refractivity contribution is 0.363. The summed E-state index contributed by atoms with van der Waals surface area (Å²) in [6.45, 7) is 2.98. The van der Waals surface area contributed by atoms with Crippen LogP contribution in [0.4, 0.5) is 0 Å². The van der Waals surface area contributed by atoms with Crippen LogP contribution in [0.3, 0.4) is 0 Å². The third-order valence-corrected chi connectivity index (χ3v) is 4.00. The van der Waals surface area contributed by atoms with Gasteiger partial charge in [-0.15, -0.1) is 0 Å². The third-order valence-electron chi connectivity index (χ3n) is 2.87. The first-order valence-electron chi connectivity index (χ1n) is 6.24. The number of hydrogen-bond donors (Lipinski definition) is 1. The first-order chi connectivity index (χ1) is 9.31. The molecule has 3 heterocycles. The summed E-state index contributed by atoms with van der Waals surface area (Å²) >= 11 is 1.95. The Morgan fingerprint density at radius 3 is 2.95 bits per heavy atom. The van der Waals surface area contributed by atoms with Crippen LogP contribution in [-0.4, -0.2) is 44.2 Å². The maximum Gasteiger partial charge on any atom is 0.240 e. The molecule has 1 atom stereocenters. The lowest BCUT2D eigenvalue weighted by atomic mass is 10.2. The number of rotatable bonds is 3. The van der Waals surface area contributed by atoms with Gasteiger partial charge in [0.1, 0.15) is 0 Å². The van der Waals surface area contributed by atoms with Crippen LogP contribution in [0.2, 0.25) is 0 Å². The van der Waals surface area contributed by atoms with Gasteiger partial charge in [0.25, 0.3) is 0 Å². The Bertz CT molecular complexity index is 535. The number of thioether (sulfide) groups is 1. The Morgan fingerprint density at radius 1 is 1.37 bits per heavy atom. The smallest absolute Gasteiger partial charge is 0.240 e. The molecule has 2 aromatic heterocycles. The highest BCUT2D eigenvalue weighted by Gasteiger charge is 2.18. The second kappa shape index (κ2) is 5.66. The van der Waals surface area contributed by atoms with Crippen LogP contribution in [0.5, 0.6) is 0 Å². The molecule has 1 fully saturated rings. The molecule has 0 aromatic carbocycles. The van der Waals surface area contributed by atoms with Gasteiger partial charge in [0.15, 0.2) is 0 Å². The van der Waals surface area contributed by atoms with Crippen molar-refractivity contribution in [2.45, 2.75) is 19.4 Å². The van der Waals surface area contributed by atoms with Crippen molar-refractivity contribution in [2.24, 2.45) is 0 Å². The zero-order valence-corrected chi connectivity index (χ0v) is 11.5. The van der Waals surface area contributed by atoms with Gasteiger partial charge in [-0.1, -0.05) is 5.16 Å². The molecule has 0 spiro atoms. The van der Waals surface area contributed by atoms with Gasteiger partial charge >= 0.3 is 0 Å². The molecule has 1 unspecified atom stereocenters. The minimum atomic E-state index is 0.408. The van der Waals surface area contributed by atoms with E-state index in [1.54, 1.807) is 12.4 Å². The van der Waals surface area contributed by atoms with Gasteiger partial charge in [-0.05, 0) is 12.5 Å². The molecule has 1 aliphatic rings. The van der Waals surface area contributed by atoms with E-state index in [0.29, 0.717) is 23.6 Å². The van der Waals surface area contributed by atoms with E-state index in [0.717, 1.165) is 24.3 Å². The van der Waals surface area contributed by atoms with Crippen molar-refractivity contribution < 1.29 is 4.52 Å². The van der Waals surface area contributed by atoms with E-state index in [4.69, 9.17) is 4.52 Å². The highest BCUT2D eigenvalue weighted by Crippen LogP contribution is 2.14. The standard InChI is InChI=1S/C12H15N5OS/c1-8-5-14-11(15-6-8)12-16-10(18-17-12)4-9-7-19-3-2-13-9/h5-6,9,13H,2-4,7H2,1H3. The summed E-state index contributed by atoms with van der Waals surface area (Å²) in [6, 6.07) is 0.408.